The van der Waals surface area contributed by atoms with Crippen molar-refractivity contribution in [2.24, 2.45) is 11.0 Å². The van der Waals surface area contributed by atoms with Crippen molar-refractivity contribution in [3.63, 3.8) is 0 Å². The molecule has 7 heteroatoms. The molecule has 5 nitrogen and oxygen atoms in total. The molecule has 158 valence electrons. The minimum Gasteiger partial charge on any atom is -0.357 e. The van der Waals surface area contributed by atoms with Crippen LogP contribution in [0, 0.1) is 36.3 Å². The number of hydrazone groups is 1. The normalized spacial score (nSPS) is 20.7. The van der Waals surface area contributed by atoms with E-state index >= 15 is 0 Å². The third kappa shape index (κ3) is 3.90. The third-order valence-corrected chi connectivity index (χ3v) is 6.22. The van der Waals surface area contributed by atoms with Crippen molar-refractivity contribution in [3.8, 4) is 11.8 Å². The number of halogens is 2. The topological polar surface area (TPSA) is 48.8 Å². The lowest BCUT2D eigenvalue weighted by atomic mass is 9.94. The number of rotatable bonds is 4. The van der Waals surface area contributed by atoms with Crippen molar-refractivity contribution < 1.29 is 13.6 Å². The first-order valence-corrected chi connectivity index (χ1v) is 10.5. The van der Waals surface area contributed by atoms with Gasteiger partial charge in [-0.15, -0.1) is 0 Å². The fourth-order valence-corrected chi connectivity index (χ4v) is 4.42. The van der Waals surface area contributed by atoms with Crippen molar-refractivity contribution >= 4 is 17.9 Å². The smallest absolute Gasteiger partial charge is 0.246 e. The molecule has 3 heterocycles. The molecule has 1 unspecified atom stereocenters. The Morgan fingerprint density at radius 3 is 2.48 bits per heavy atom. The van der Waals surface area contributed by atoms with Crippen LogP contribution < -0.4 is 4.90 Å². The van der Waals surface area contributed by atoms with Gasteiger partial charge in [-0.25, -0.2) is 18.8 Å². The van der Waals surface area contributed by atoms with Crippen molar-refractivity contribution in [3.05, 3.63) is 58.8 Å². The number of hydrogen-bond donors (Lipinski definition) is 0. The lowest BCUT2D eigenvalue weighted by molar-refractivity contribution is -0.138. The largest absolute Gasteiger partial charge is 0.357 e. The summed E-state index contributed by atoms with van der Waals surface area (Å²) in [5.41, 5.74) is 2.74. The van der Waals surface area contributed by atoms with E-state index in [4.69, 9.17) is 0 Å². The number of aromatic nitrogens is 1. The van der Waals surface area contributed by atoms with E-state index in [9.17, 15) is 13.6 Å². The number of amides is 1. The van der Waals surface area contributed by atoms with Crippen molar-refractivity contribution in [1.82, 2.24) is 9.99 Å². The number of hydrogen-bond acceptors (Lipinski definition) is 4. The SMILES string of the molecule is Cc1cnc(N2CCC(C(=O)N3N=CCC3c3cc(F)cc(F)c3)CC2)cc1C1C#C1. The number of carbonyl (C=O) groups is 1. The van der Waals surface area contributed by atoms with Crippen LogP contribution in [-0.2, 0) is 4.79 Å². The first-order chi connectivity index (χ1) is 15.0. The molecule has 1 amide bonds. The highest BCUT2D eigenvalue weighted by Gasteiger charge is 2.35. The van der Waals surface area contributed by atoms with Gasteiger partial charge >= 0.3 is 0 Å². The Kier molecular flexibility index (Phi) is 4.93. The molecule has 3 aliphatic rings. The summed E-state index contributed by atoms with van der Waals surface area (Å²) in [4.78, 5) is 19.9. The molecular weight excluding hydrogens is 398 g/mol. The average molecular weight is 420 g/mol. The number of aryl methyl sites for hydroxylation is 1. The maximum atomic E-state index is 13.7. The lowest BCUT2D eigenvalue weighted by Crippen LogP contribution is -2.41. The van der Waals surface area contributed by atoms with Gasteiger partial charge in [0.2, 0.25) is 5.91 Å². The number of carbonyl (C=O) groups excluding carboxylic acids is 1. The molecule has 1 saturated heterocycles. The molecule has 2 aromatic rings. The molecule has 0 saturated carbocycles. The van der Waals surface area contributed by atoms with E-state index in [1.807, 2.05) is 13.1 Å². The Balaban J connectivity index is 1.25. The Hall–Kier alpha value is -3.27. The molecule has 31 heavy (non-hydrogen) atoms. The minimum atomic E-state index is -0.649. The number of pyridine rings is 1. The molecule has 2 aliphatic heterocycles. The van der Waals surface area contributed by atoms with Crippen LogP contribution in [0.15, 0.2) is 35.6 Å². The van der Waals surface area contributed by atoms with E-state index in [2.05, 4.69) is 32.9 Å². The van der Waals surface area contributed by atoms with Crippen LogP contribution in [-0.4, -0.2) is 35.2 Å². The summed E-state index contributed by atoms with van der Waals surface area (Å²) >= 11 is 0. The standard InChI is InChI=1S/C24H22F2N4O/c1-15-14-27-23(13-21(15)16-2-3-16)29-8-5-17(6-9-29)24(31)30-22(4-7-28-30)18-10-19(25)12-20(26)11-18/h7,10-14,16-17,22H,4-6,8-9H2,1H3. The first-order valence-electron chi connectivity index (χ1n) is 10.5. The zero-order valence-electron chi connectivity index (χ0n) is 17.2. The van der Waals surface area contributed by atoms with Gasteiger partial charge in [-0.2, -0.15) is 5.10 Å². The van der Waals surface area contributed by atoms with Crippen LogP contribution in [0.1, 0.15) is 47.9 Å². The molecule has 0 radical (unpaired) electrons. The zero-order chi connectivity index (χ0) is 21.5. The summed E-state index contributed by atoms with van der Waals surface area (Å²) in [5.74, 6) is 5.71. The Bertz CT molecular complexity index is 1100. The van der Waals surface area contributed by atoms with E-state index in [1.165, 1.54) is 22.7 Å². The quantitative estimate of drug-likeness (QED) is 0.704. The highest BCUT2D eigenvalue weighted by Crippen LogP contribution is 2.34. The second kappa shape index (κ2) is 7.77. The third-order valence-electron chi connectivity index (χ3n) is 6.22. The van der Waals surface area contributed by atoms with Gasteiger partial charge in [0.1, 0.15) is 23.4 Å². The summed E-state index contributed by atoms with van der Waals surface area (Å²) < 4.78 is 27.3. The van der Waals surface area contributed by atoms with Crippen LogP contribution in [0.25, 0.3) is 0 Å². The van der Waals surface area contributed by atoms with Gasteiger partial charge in [-0.1, -0.05) is 11.8 Å². The zero-order valence-corrected chi connectivity index (χ0v) is 17.2. The summed E-state index contributed by atoms with van der Waals surface area (Å²) in [6, 6.07) is 5.01. The molecule has 1 fully saturated rings. The van der Waals surface area contributed by atoms with Gasteiger partial charge in [-0.3, -0.25) is 4.79 Å². The molecule has 1 aromatic carbocycles. The number of piperidine rings is 1. The average Bonchev–Trinajstić information content (AvgIpc) is 3.48. The van der Waals surface area contributed by atoms with Gasteiger partial charge in [-0.05, 0) is 54.7 Å². The summed E-state index contributed by atoms with van der Waals surface area (Å²) in [6.07, 6.45) is 5.33. The maximum Gasteiger partial charge on any atom is 0.246 e. The van der Waals surface area contributed by atoms with E-state index in [-0.39, 0.29) is 17.7 Å². The minimum absolute atomic E-state index is 0.0907. The number of benzene rings is 1. The molecule has 0 spiro atoms. The highest BCUT2D eigenvalue weighted by molar-refractivity contribution is 5.82. The number of nitrogens with zero attached hydrogens (tertiary/aromatic N) is 4. The van der Waals surface area contributed by atoms with E-state index in [1.54, 1.807) is 6.21 Å². The fraction of sp³-hybridized carbons (Fsp3) is 0.375. The van der Waals surface area contributed by atoms with Gasteiger partial charge in [0.15, 0.2) is 0 Å². The Morgan fingerprint density at radius 1 is 1.10 bits per heavy atom. The summed E-state index contributed by atoms with van der Waals surface area (Å²) in [6.45, 7) is 3.47. The van der Waals surface area contributed by atoms with Crippen LogP contribution in [0.2, 0.25) is 0 Å². The monoisotopic (exact) mass is 420 g/mol. The van der Waals surface area contributed by atoms with Crippen molar-refractivity contribution in [2.75, 3.05) is 18.0 Å². The summed E-state index contributed by atoms with van der Waals surface area (Å²) in [7, 11) is 0. The van der Waals surface area contributed by atoms with Gasteiger partial charge in [0.25, 0.3) is 0 Å². The van der Waals surface area contributed by atoms with Crippen molar-refractivity contribution in [2.45, 2.75) is 38.1 Å². The second-order valence-electron chi connectivity index (χ2n) is 8.32. The van der Waals surface area contributed by atoms with Crippen LogP contribution in [0.4, 0.5) is 14.6 Å². The molecule has 1 aromatic heterocycles. The number of anilines is 1. The maximum absolute atomic E-state index is 13.7. The predicted octanol–water partition coefficient (Wildman–Crippen LogP) is 3.94. The van der Waals surface area contributed by atoms with Crippen LogP contribution >= 0.6 is 0 Å². The molecule has 1 atom stereocenters. The molecule has 0 N–H and O–H groups in total. The molecule has 5 rings (SSSR count). The van der Waals surface area contributed by atoms with E-state index < -0.39 is 17.7 Å². The Morgan fingerprint density at radius 2 is 1.81 bits per heavy atom. The first kappa shape index (κ1) is 19.7. The van der Waals surface area contributed by atoms with Crippen molar-refractivity contribution in [1.29, 1.82) is 0 Å². The second-order valence-corrected chi connectivity index (χ2v) is 8.32. The molecule has 0 bridgehead atoms. The lowest BCUT2D eigenvalue weighted by Gasteiger charge is -2.34. The summed E-state index contributed by atoms with van der Waals surface area (Å²) in [5, 5.41) is 5.63. The molecule has 1 aliphatic carbocycles. The van der Waals surface area contributed by atoms with Gasteiger partial charge in [0.05, 0.1) is 6.04 Å². The molecular formula is C24H22F2N4O. The van der Waals surface area contributed by atoms with Crippen LogP contribution in [0.3, 0.4) is 0 Å². The predicted molar refractivity (Wildman–Crippen MR) is 113 cm³/mol. The Labute approximate surface area is 179 Å². The van der Waals surface area contributed by atoms with Gasteiger partial charge in [0, 0.05) is 43.9 Å². The van der Waals surface area contributed by atoms with Gasteiger partial charge < -0.3 is 4.90 Å². The van der Waals surface area contributed by atoms with Crippen LogP contribution in [0.5, 0.6) is 0 Å². The fourth-order valence-electron chi connectivity index (χ4n) is 4.42. The highest BCUT2D eigenvalue weighted by atomic mass is 19.1. The van der Waals surface area contributed by atoms with E-state index in [0.717, 1.165) is 17.4 Å². The van der Waals surface area contributed by atoms with E-state index in [0.29, 0.717) is 37.9 Å².